The van der Waals surface area contributed by atoms with Crippen LogP contribution in [-0.2, 0) is 22.3 Å². The van der Waals surface area contributed by atoms with E-state index in [0.29, 0.717) is 11.1 Å². The molecule has 0 fully saturated rings. The van der Waals surface area contributed by atoms with Crippen LogP contribution < -0.4 is 0 Å². The smallest absolute Gasteiger partial charge is 0.395 e. The van der Waals surface area contributed by atoms with Crippen molar-refractivity contribution >= 4 is 11.7 Å². The normalized spacial score (nSPS) is 11.4. The average molecular weight is 371 g/mol. The minimum absolute atomic E-state index is 0.00783. The highest BCUT2D eigenvalue weighted by molar-refractivity contribution is 6.35. The number of benzene rings is 1. The number of hydrogen-bond donors (Lipinski definition) is 1. The number of aliphatic hydroxyl groups excluding tert-OH is 1. The van der Waals surface area contributed by atoms with E-state index in [0.717, 1.165) is 0 Å². The molecule has 0 radical (unpaired) electrons. The molecule has 0 aliphatic carbocycles. The zero-order valence-electron chi connectivity index (χ0n) is 13.8. The number of aliphatic hydroxyl groups is 1. The Labute approximate surface area is 146 Å². The van der Waals surface area contributed by atoms with Gasteiger partial charge in [0, 0.05) is 25.1 Å². The predicted octanol–water partition coefficient (Wildman–Crippen LogP) is 2.06. The third-order valence-corrected chi connectivity index (χ3v) is 3.47. The Morgan fingerprint density at radius 2 is 1.88 bits per heavy atom. The summed E-state index contributed by atoms with van der Waals surface area (Å²) in [5.74, 6) is -2.91. The molecule has 26 heavy (non-hydrogen) atoms. The molecule has 1 aromatic carbocycles. The van der Waals surface area contributed by atoms with E-state index in [1.54, 1.807) is 19.1 Å². The lowest BCUT2D eigenvalue weighted by molar-refractivity contribution is -0.159. The highest BCUT2D eigenvalue weighted by Crippen LogP contribution is 2.29. The van der Waals surface area contributed by atoms with Crippen molar-refractivity contribution in [1.82, 2.24) is 15.0 Å². The first-order valence-corrected chi connectivity index (χ1v) is 7.69. The topological polar surface area (TPSA) is 96.5 Å². The van der Waals surface area contributed by atoms with Crippen molar-refractivity contribution in [2.75, 3.05) is 13.2 Å². The average Bonchev–Trinajstić information content (AvgIpc) is 3.11. The van der Waals surface area contributed by atoms with Gasteiger partial charge in [-0.15, -0.1) is 0 Å². The number of amides is 1. The van der Waals surface area contributed by atoms with Gasteiger partial charge < -0.3 is 14.5 Å². The van der Waals surface area contributed by atoms with Crippen LogP contribution in [-0.4, -0.2) is 45.0 Å². The van der Waals surface area contributed by atoms with Crippen LogP contribution in [0.15, 0.2) is 28.8 Å². The van der Waals surface area contributed by atoms with Crippen molar-refractivity contribution in [2.24, 2.45) is 0 Å². The van der Waals surface area contributed by atoms with Crippen LogP contribution in [0.5, 0.6) is 0 Å². The molecular weight excluding hydrogens is 355 g/mol. The molecule has 140 valence electrons. The Balaban J connectivity index is 2.14. The Morgan fingerprint density at radius 3 is 2.38 bits per heavy atom. The van der Waals surface area contributed by atoms with E-state index >= 15 is 0 Å². The summed E-state index contributed by atoms with van der Waals surface area (Å²) in [5.41, 5.74) is 0.927. The molecule has 1 N–H and O–H groups in total. The molecule has 0 aliphatic rings. The largest absolute Gasteiger partial charge is 0.471 e. The van der Waals surface area contributed by atoms with Gasteiger partial charge in [0.2, 0.25) is 11.6 Å². The molecule has 0 atom stereocenters. The first kappa shape index (κ1) is 19.6. The highest BCUT2D eigenvalue weighted by atomic mass is 19.4. The fourth-order valence-corrected chi connectivity index (χ4v) is 2.14. The molecular formula is C16H16F3N3O4. The molecule has 0 saturated carbocycles. The molecule has 0 unspecified atom stereocenters. The third-order valence-electron chi connectivity index (χ3n) is 3.47. The second kappa shape index (κ2) is 8.09. The molecule has 1 amide bonds. The summed E-state index contributed by atoms with van der Waals surface area (Å²) in [4.78, 5) is 28.0. The summed E-state index contributed by atoms with van der Waals surface area (Å²) >= 11 is 0. The molecule has 2 aromatic rings. The molecule has 10 heteroatoms. The third kappa shape index (κ3) is 4.66. The second-order valence-electron chi connectivity index (χ2n) is 5.34. The van der Waals surface area contributed by atoms with E-state index in [-0.39, 0.29) is 31.9 Å². The van der Waals surface area contributed by atoms with Gasteiger partial charge >= 0.3 is 12.1 Å². The number of carbonyl (C=O) groups excluding carboxylic acids is 2. The number of alkyl halides is 3. The lowest BCUT2D eigenvalue weighted by Crippen LogP contribution is -2.37. The second-order valence-corrected chi connectivity index (χ2v) is 5.34. The van der Waals surface area contributed by atoms with Crippen molar-refractivity contribution in [2.45, 2.75) is 26.1 Å². The van der Waals surface area contributed by atoms with Crippen LogP contribution in [0.1, 0.15) is 24.8 Å². The van der Waals surface area contributed by atoms with Crippen LogP contribution in [0.4, 0.5) is 13.2 Å². The van der Waals surface area contributed by atoms with Gasteiger partial charge in [0.05, 0.1) is 6.61 Å². The number of rotatable bonds is 7. The summed E-state index contributed by atoms with van der Waals surface area (Å²) in [6.45, 7) is 1.33. The molecule has 0 aliphatic heterocycles. The van der Waals surface area contributed by atoms with Gasteiger partial charge in [-0.05, 0) is 5.56 Å². The predicted molar refractivity (Wildman–Crippen MR) is 82.5 cm³/mol. The van der Waals surface area contributed by atoms with E-state index in [2.05, 4.69) is 14.7 Å². The minimum Gasteiger partial charge on any atom is -0.395 e. The van der Waals surface area contributed by atoms with Gasteiger partial charge in [0.25, 0.3) is 5.91 Å². The van der Waals surface area contributed by atoms with Crippen molar-refractivity contribution in [3.05, 3.63) is 35.7 Å². The van der Waals surface area contributed by atoms with Crippen LogP contribution in [0.3, 0.4) is 0 Å². The number of nitrogens with zero attached hydrogens (tertiary/aromatic N) is 3. The molecule has 1 aromatic heterocycles. The van der Waals surface area contributed by atoms with Gasteiger partial charge in [-0.25, -0.2) is 0 Å². The molecule has 1 heterocycles. The summed E-state index contributed by atoms with van der Waals surface area (Å²) in [6.07, 6.45) is -4.67. The SMILES string of the molecule is CCC(=O)C(=O)N(CCO)Cc1ccc(-c2noc(C(F)(F)F)n2)cc1. The quantitative estimate of drug-likeness (QED) is 0.749. The number of halogens is 3. The van der Waals surface area contributed by atoms with Crippen LogP contribution in [0.25, 0.3) is 11.4 Å². The zero-order valence-corrected chi connectivity index (χ0v) is 13.8. The monoisotopic (exact) mass is 371 g/mol. The van der Waals surface area contributed by atoms with Gasteiger partial charge in [-0.3, -0.25) is 9.59 Å². The van der Waals surface area contributed by atoms with E-state index in [1.807, 2.05) is 0 Å². The summed E-state index contributed by atoms with van der Waals surface area (Å²) < 4.78 is 41.6. The van der Waals surface area contributed by atoms with Gasteiger partial charge in [0.15, 0.2) is 0 Å². The number of ketones is 1. The Morgan fingerprint density at radius 1 is 1.23 bits per heavy atom. The van der Waals surface area contributed by atoms with E-state index < -0.39 is 23.8 Å². The van der Waals surface area contributed by atoms with Gasteiger partial charge in [-0.2, -0.15) is 18.2 Å². The minimum atomic E-state index is -4.72. The van der Waals surface area contributed by atoms with Crippen LogP contribution in [0, 0.1) is 0 Å². The van der Waals surface area contributed by atoms with E-state index in [1.165, 1.54) is 17.0 Å². The summed E-state index contributed by atoms with van der Waals surface area (Å²) in [6, 6.07) is 6.08. The fourth-order valence-electron chi connectivity index (χ4n) is 2.14. The van der Waals surface area contributed by atoms with Crippen LogP contribution >= 0.6 is 0 Å². The van der Waals surface area contributed by atoms with Crippen molar-refractivity contribution in [3.63, 3.8) is 0 Å². The Hall–Kier alpha value is -2.75. The maximum absolute atomic E-state index is 12.5. The molecule has 0 spiro atoms. The highest BCUT2D eigenvalue weighted by Gasteiger charge is 2.38. The fraction of sp³-hybridized carbons (Fsp3) is 0.375. The van der Waals surface area contributed by atoms with Crippen LogP contribution in [0.2, 0.25) is 0 Å². The molecule has 0 saturated heterocycles. The standard InChI is InChI=1S/C16H16F3N3O4/c1-2-12(24)14(25)22(7-8-23)9-10-3-5-11(6-4-10)13-20-15(26-21-13)16(17,18)19/h3-6,23H,2,7-9H2,1H3. The molecule has 2 rings (SSSR count). The maximum atomic E-state index is 12.5. The molecule has 7 nitrogen and oxygen atoms in total. The maximum Gasteiger partial charge on any atom is 0.471 e. The van der Waals surface area contributed by atoms with Crippen molar-refractivity contribution < 1.29 is 32.4 Å². The zero-order chi connectivity index (χ0) is 19.3. The summed E-state index contributed by atoms with van der Waals surface area (Å²) in [5, 5.41) is 12.3. The Kier molecular flexibility index (Phi) is 6.09. The number of carbonyl (C=O) groups is 2. The number of Topliss-reactive ketones (excluding diaryl/α,β-unsaturated/α-hetero) is 1. The lowest BCUT2D eigenvalue weighted by Gasteiger charge is -2.21. The van der Waals surface area contributed by atoms with Gasteiger partial charge in [-0.1, -0.05) is 36.3 Å². The first-order valence-electron chi connectivity index (χ1n) is 7.69. The van der Waals surface area contributed by atoms with Crippen molar-refractivity contribution in [1.29, 1.82) is 0 Å². The number of hydrogen-bond acceptors (Lipinski definition) is 6. The first-order chi connectivity index (χ1) is 12.3. The van der Waals surface area contributed by atoms with Gasteiger partial charge in [0.1, 0.15) is 0 Å². The molecule has 0 bridgehead atoms. The summed E-state index contributed by atoms with van der Waals surface area (Å²) in [7, 11) is 0. The van der Waals surface area contributed by atoms with E-state index in [4.69, 9.17) is 5.11 Å². The van der Waals surface area contributed by atoms with Crippen molar-refractivity contribution in [3.8, 4) is 11.4 Å². The number of aromatic nitrogens is 2. The van der Waals surface area contributed by atoms with E-state index in [9.17, 15) is 22.8 Å². The lowest BCUT2D eigenvalue weighted by atomic mass is 10.1. The Bertz CT molecular complexity index is 772.